The van der Waals surface area contributed by atoms with Gasteiger partial charge in [0.25, 0.3) is 10.0 Å². The molecule has 192 valence electrons. The molecule has 0 aliphatic rings. The van der Waals surface area contributed by atoms with Gasteiger partial charge in [-0.05, 0) is 60.9 Å². The summed E-state index contributed by atoms with van der Waals surface area (Å²) in [6.07, 6.45) is 0.966. The van der Waals surface area contributed by atoms with E-state index in [1.165, 1.54) is 29.2 Å². The lowest BCUT2D eigenvalue weighted by Crippen LogP contribution is -2.46. The van der Waals surface area contributed by atoms with Crippen LogP contribution in [-0.4, -0.2) is 52.9 Å². The molecule has 0 fully saturated rings. The highest BCUT2D eigenvalue weighted by molar-refractivity contribution is 7.92. The first-order chi connectivity index (χ1) is 16.9. The molecule has 3 aromatic rings. The van der Waals surface area contributed by atoms with Gasteiger partial charge in [0.15, 0.2) is 0 Å². The largest absolute Gasteiger partial charge is 0.343 e. The van der Waals surface area contributed by atoms with E-state index in [4.69, 9.17) is 0 Å². The number of amides is 2. The Morgan fingerprint density at radius 3 is 2.06 bits per heavy atom. The summed E-state index contributed by atoms with van der Waals surface area (Å²) in [5, 5.41) is 1.55. The van der Waals surface area contributed by atoms with Crippen molar-refractivity contribution in [3.05, 3.63) is 72.3 Å². The van der Waals surface area contributed by atoms with Gasteiger partial charge in [-0.1, -0.05) is 42.5 Å². The first-order valence-corrected chi connectivity index (χ1v) is 14.7. The van der Waals surface area contributed by atoms with Crippen molar-refractivity contribution in [2.24, 2.45) is 5.92 Å². The van der Waals surface area contributed by atoms with Gasteiger partial charge in [-0.15, -0.1) is 0 Å². The second-order valence-corrected chi connectivity index (χ2v) is 11.7. The lowest BCUT2D eigenvalue weighted by Gasteiger charge is -2.24. The molecule has 2 amide bonds. The van der Waals surface area contributed by atoms with Crippen LogP contribution in [0.1, 0.15) is 19.4 Å². The van der Waals surface area contributed by atoms with E-state index in [-0.39, 0.29) is 11.3 Å². The van der Waals surface area contributed by atoms with E-state index in [0.29, 0.717) is 29.7 Å². The lowest BCUT2D eigenvalue weighted by molar-refractivity contribution is -0.141. The molecular weight excluding hydrogens is 502 g/mol. The summed E-state index contributed by atoms with van der Waals surface area (Å²) in [4.78, 5) is 27.8. The van der Waals surface area contributed by atoms with Crippen molar-refractivity contribution in [3.8, 4) is 0 Å². The van der Waals surface area contributed by atoms with Gasteiger partial charge < -0.3 is 4.90 Å². The third-order valence-electron chi connectivity index (χ3n) is 5.65. The summed E-state index contributed by atoms with van der Waals surface area (Å²) < 4.78 is 53.4. The van der Waals surface area contributed by atoms with Crippen LogP contribution in [0.3, 0.4) is 0 Å². The van der Waals surface area contributed by atoms with Gasteiger partial charge >= 0.3 is 0 Å². The first-order valence-electron chi connectivity index (χ1n) is 11.3. The van der Waals surface area contributed by atoms with Crippen LogP contribution < -0.4 is 9.44 Å². The third kappa shape index (κ3) is 6.82. The van der Waals surface area contributed by atoms with Crippen LogP contribution in [0, 0.1) is 5.92 Å². The highest BCUT2D eigenvalue weighted by atomic mass is 32.2. The van der Waals surface area contributed by atoms with E-state index in [0.717, 1.165) is 11.6 Å². The van der Waals surface area contributed by atoms with Crippen LogP contribution in [0.25, 0.3) is 10.8 Å². The fourth-order valence-electron chi connectivity index (χ4n) is 3.80. The Morgan fingerprint density at radius 2 is 1.47 bits per heavy atom. The predicted octanol–water partition coefficient (Wildman–Crippen LogP) is 2.74. The Balaban J connectivity index is 1.88. The number of fused-ring (bicyclic) bond motifs is 1. The average Bonchev–Trinajstić information content (AvgIpc) is 2.82. The van der Waals surface area contributed by atoms with Crippen molar-refractivity contribution in [1.82, 2.24) is 9.62 Å². The van der Waals surface area contributed by atoms with Gasteiger partial charge in [0.2, 0.25) is 21.8 Å². The van der Waals surface area contributed by atoms with Crippen molar-refractivity contribution in [2.75, 3.05) is 24.1 Å². The number of carbonyl (C=O) groups excluding carboxylic acids is 2. The first kappa shape index (κ1) is 27.2. The van der Waals surface area contributed by atoms with Crippen molar-refractivity contribution < 1.29 is 26.4 Å². The van der Waals surface area contributed by atoms with Crippen LogP contribution >= 0.6 is 0 Å². The molecular formula is C25H29N3O6S2. The molecule has 0 aliphatic carbocycles. The smallest absolute Gasteiger partial charge is 0.264 e. The third-order valence-corrected chi connectivity index (χ3v) is 7.60. The molecule has 0 spiro atoms. The summed E-state index contributed by atoms with van der Waals surface area (Å²) in [7, 11) is -7.70. The van der Waals surface area contributed by atoms with Crippen molar-refractivity contribution in [3.63, 3.8) is 0 Å². The highest BCUT2D eigenvalue weighted by Gasteiger charge is 2.33. The summed E-state index contributed by atoms with van der Waals surface area (Å²) in [5.74, 6) is -2.73. The van der Waals surface area contributed by atoms with E-state index in [9.17, 15) is 26.4 Å². The standard InChI is InChI=1S/C25H29N3O6S2/c1-4-28(5-2)25(30)23(16-18-10-13-21(14-11-18)26-35(3,31)32)24(29)27-36(33,34)22-15-12-19-8-6-7-9-20(19)17-22/h6-15,17,23,26H,4-5,16H2,1-3H3,(H,27,29). The molecule has 3 aromatic carbocycles. The molecule has 2 N–H and O–H groups in total. The molecule has 36 heavy (non-hydrogen) atoms. The number of nitrogens with zero attached hydrogens (tertiary/aromatic N) is 1. The van der Waals surface area contributed by atoms with Crippen LogP contribution in [0.15, 0.2) is 71.6 Å². The number of benzene rings is 3. The molecule has 0 saturated heterocycles. The predicted molar refractivity (Wildman–Crippen MR) is 139 cm³/mol. The second kappa shape index (κ2) is 11.1. The van der Waals surface area contributed by atoms with Gasteiger partial charge in [-0.2, -0.15) is 0 Å². The summed E-state index contributed by atoms with van der Waals surface area (Å²) in [6, 6.07) is 18.0. The summed E-state index contributed by atoms with van der Waals surface area (Å²) >= 11 is 0. The molecule has 0 heterocycles. The Kier molecular flexibility index (Phi) is 8.36. The summed E-state index contributed by atoms with van der Waals surface area (Å²) in [6.45, 7) is 4.25. The van der Waals surface area contributed by atoms with E-state index in [2.05, 4.69) is 9.44 Å². The normalized spacial score (nSPS) is 12.6. The van der Waals surface area contributed by atoms with Crippen LogP contribution in [0.2, 0.25) is 0 Å². The summed E-state index contributed by atoms with van der Waals surface area (Å²) in [5.41, 5.74) is 0.897. The fraction of sp³-hybridized carbons (Fsp3) is 0.280. The zero-order chi connectivity index (χ0) is 26.5. The zero-order valence-corrected chi connectivity index (χ0v) is 21.9. The topological polar surface area (TPSA) is 130 Å². The zero-order valence-electron chi connectivity index (χ0n) is 20.3. The van der Waals surface area contributed by atoms with Gasteiger partial charge in [-0.25, -0.2) is 21.6 Å². The number of carbonyl (C=O) groups is 2. The molecule has 1 atom stereocenters. The van der Waals surface area contributed by atoms with Gasteiger partial charge in [-0.3, -0.25) is 14.3 Å². The maximum Gasteiger partial charge on any atom is 0.264 e. The molecule has 0 saturated carbocycles. The highest BCUT2D eigenvalue weighted by Crippen LogP contribution is 2.21. The van der Waals surface area contributed by atoms with E-state index >= 15 is 0 Å². The maximum absolute atomic E-state index is 13.2. The molecule has 9 nitrogen and oxygen atoms in total. The number of rotatable bonds is 10. The van der Waals surface area contributed by atoms with Crippen LogP contribution in [-0.2, 0) is 36.1 Å². The van der Waals surface area contributed by atoms with Gasteiger partial charge in [0.05, 0.1) is 11.2 Å². The van der Waals surface area contributed by atoms with E-state index in [1.54, 1.807) is 44.2 Å². The number of anilines is 1. The SMILES string of the molecule is CCN(CC)C(=O)C(Cc1ccc(NS(C)(=O)=O)cc1)C(=O)NS(=O)(=O)c1ccc2ccccc2c1. The van der Waals surface area contributed by atoms with E-state index < -0.39 is 37.8 Å². The second-order valence-electron chi connectivity index (χ2n) is 8.32. The molecule has 0 radical (unpaired) electrons. The molecule has 3 rings (SSSR count). The number of hydrogen-bond donors (Lipinski definition) is 2. The lowest BCUT2D eigenvalue weighted by atomic mass is 9.97. The number of sulfonamides is 2. The van der Waals surface area contributed by atoms with Crippen molar-refractivity contribution in [1.29, 1.82) is 0 Å². The Bertz CT molecular complexity index is 1470. The molecule has 1 unspecified atom stereocenters. The minimum Gasteiger partial charge on any atom is -0.343 e. The minimum absolute atomic E-state index is 0.0619. The van der Waals surface area contributed by atoms with Gasteiger partial charge in [0, 0.05) is 18.8 Å². The van der Waals surface area contributed by atoms with Crippen LogP contribution in [0.4, 0.5) is 5.69 Å². The minimum atomic E-state index is -4.23. The van der Waals surface area contributed by atoms with Gasteiger partial charge in [0.1, 0.15) is 5.92 Å². The Hall–Kier alpha value is -3.44. The van der Waals surface area contributed by atoms with Crippen molar-refractivity contribution >= 4 is 48.3 Å². The molecule has 0 bridgehead atoms. The van der Waals surface area contributed by atoms with Crippen LogP contribution in [0.5, 0.6) is 0 Å². The van der Waals surface area contributed by atoms with Crippen molar-refractivity contribution in [2.45, 2.75) is 25.2 Å². The molecule has 0 aliphatic heterocycles. The maximum atomic E-state index is 13.2. The van der Waals surface area contributed by atoms with E-state index in [1.807, 2.05) is 12.1 Å². The molecule has 11 heteroatoms. The number of nitrogens with one attached hydrogen (secondary N) is 2. The average molecular weight is 532 g/mol. The monoisotopic (exact) mass is 531 g/mol. The fourth-order valence-corrected chi connectivity index (χ4v) is 5.42. The molecule has 0 aromatic heterocycles. The quantitative estimate of drug-likeness (QED) is 0.387. The Morgan fingerprint density at radius 1 is 0.861 bits per heavy atom. The Labute approximate surface area is 211 Å². The number of hydrogen-bond acceptors (Lipinski definition) is 6.